The molecule has 0 radical (unpaired) electrons. The van der Waals surface area contributed by atoms with Crippen LogP contribution >= 0.6 is 0 Å². The highest BCUT2D eigenvalue weighted by Crippen LogP contribution is 2.12. The maximum Gasteiger partial charge on any atom is 0.209 e. The summed E-state index contributed by atoms with van der Waals surface area (Å²) in [5, 5.41) is 0. The molecule has 1 fully saturated rings. The molecule has 1 aliphatic rings. The Morgan fingerprint density at radius 3 is 2.33 bits per heavy atom. The Morgan fingerprint density at radius 2 is 2.33 bits per heavy atom. The highest BCUT2D eigenvalue weighted by Gasteiger charge is 2.38. The van der Waals surface area contributed by atoms with Crippen LogP contribution < -0.4 is 17.0 Å². The predicted molar refractivity (Wildman–Crippen MR) is 20.2 cm³/mol. The zero-order valence-electron chi connectivity index (χ0n) is 3.27. The van der Waals surface area contributed by atoms with Crippen molar-refractivity contribution < 1.29 is 4.74 Å². The topological polar surface area (TPSA) is 76.6 Å². The van der Waals surface area contributed by atoms with Gasteiger partial charge in [-0.15, -0.1) is 0 Å². The molecule has 0 aromatic rings. The average molecular weight is 89.1 g/mol. The lowest BCUT2D eigenvalue weighted by molar-refractivity contribution is 0.265. The third kappa shape index (κ3) is 0.504. The lowest BCUT2D eigenvalue weighted by Crippen LogP contribution is -2.46. The summed E-state index contributed by atoms with van der Waals surface area (Å²) in [5.41, 5.74) is 7.46. The van der Waals surface area contributed by atoms with E-state index in [0.717, 1.165) is 0 Å². The van der Waals surface area contributed by atoms with Crippen LogP contribution in [0.3, 0.4) is 0 Å². The Balaban J connectivity index is 2.28. The van der Waals surface area contributed by atoms with Gasteiger partial charge in [-0.05, 0) is 0 Å². The first-order valence-corrected chi connectivity index (χ1v) is 1.67. The lowest BCUT2D eigenvalue weighted by atomic mass is 10.6. The summed E-state index contributed by atoms with van der Waals surface area (Å²) in [7, 11) is 0. The van der Waals surface area contributed by atoms with Crippen molar-refractivity contribution in [3.8, 4) is 0 Å². The van der Waals surface area contributed by atoms with Crippen molar-refractivity contribution >= 4 is 0 Å². The average Bonchev–Trinajstić information content (AvgIpc) is 2.22. The van der Waals surface area contributed by atoms with Crippen LogP contribution in [0.4, 0.5) is 0 Å². The van der Waals surface area contributed by atoms with Crippen LogP contribution in [0.25, 0.3) is 0 Å². The molecule has 0 aromatic carbocycles. The van der Waals surface area contributed by atoms with Gasteiger partial charge in [-0.1, -0.05) is 0 Å². The Kier molecular flexibility index (Phi) is 0.611. The number of hydrazine groups is 1. The molecule has 0 saturated carbocycles. The second kappa shape index (κ2) is 0.913. The van der Waals surface area contributed by atoms with E-state index in [9.17, 15) is 0 Å². The van der Waals surface area contributed by atoms with Gasteiger partial charge in [0, 0.05) is 0 Å². The third-order valence-corrected chi connectivity index (χ3v) is 0.700. The molecular weight excluding hydrogens is 82.0 g/mol. The Hall–Kier alpha value is -0.160. The molecule has 0 bridgehead atoms. The van der Waals surface area contributed by atoms with Gasteiger partial charge in [0.15, 0.2) is 0 Å². The largest absolute Gasteiger partial charge is 0.338 e. The molecule has 0 aliphatic carbocycles. The number of hydrogen-bond donors (Lipinski definition) is 3. The van der Waals surface area contributed by atoms with Crippen molar-refractivity contribution in [3.05, 3.63) is 0 Å². The fraction of sp³-hybridized carbons (Fsp3) is 1.00. The second-order valence-corrected chi connectivity index (χ2v) is 1.32. The summed E-state index contributed by atoms with van der Waals surface area (Å²) < 4.78 is 4.59. The minimum absolute atomic E-state index is 0.517. The van der Waals surface area contributed by atoms with Crippen LogP contribution in [0.15, 0.2) is 0 Å². The van der Waals surface area contributed by atoms with E-state index in [1.165, 1.54) is 0 Å². The molecule has 0 spiro atoms. The van der Waals surface area contributed by atoms with Crippen molar-refractivity contribution in [2.75, 3.05) is 6.61 Å². The molecule has 1 aliphatic heterocycles. The summed E-state index contributed by atoms with van der Waals surface area (Å²) in [6.07, 6.45) is 0. The van der Waals surface area contributed by atoms with Crippen molar-refractivity contribution in [1.29, 1.82) is 0 Å². The summed E-state index contributed by atoms with van der Waals surface area (Å²) >= 11 is 0. The van der Waals surface area contributed by atoms with Gasteiger partial charge in [0.2, 0.25) is 5.85 Å². The molecule has 1 saturated heterocycles. The Morgan fingerprint density at radius 1 is 1.83 bits per heavy atom. The van der Waals surface area contributed by atoms with Crippen molar-refractivity contribution in [3.63, 3.8) is 0 Å². The molecule has 5 N–H and O–H groups in total. The van der Waals surface area contributed by atoms with Gasteiger partial charge < -0.3 is 4.74 Å². The van der Waals surface area contributed by atoms with E-state index in [-0.39, 0.29) is 0 Å². The standard InChI is InChI=1S/C2H7N3O/c3-2(5-4)1-6-2/h5H,1,3-4H2. The van der Waals surface area contributed by atoms with Gasteiger partial charge in [0.25, 0.3) is 0 Å². The molecule has 4 nitrogen and oxygen atoms in total. The van der Waals surface area contributed by atoms with Crippen LogP contribution in [0.2, 0.25) is 0 Å². The first kappa shape index (κ1) is 4.01. The van der Waals surface area contributed by atoms with Gasteiger partial charge in [-0.2, -0.15) is 0 Å². The number of nitrogens with one attached hydrogen (secondary N) is 1. The Bertz CT molecular complexity index is 59.8. The third-order valence-electron chi connectivity index (χ3n) is 0.700. The zero-order valence-corrected chi connectivity index (χ0v) is 3.27. The molecule has 4 heteroatoms. The van der Waals surface area contributed by atoms with Crippen LogP contribution in [0, 0.1) is 0 Å². The quantitative estimate of drug-likeness (QED) is 0.152. The normalized spacial score (nSPS) is 43.0. The smallest absolute Gasteiger partial charge is 0.209 e. The van der Waals surface area contributed by atoms with E-state index < -0.39 is 5.85 Å². The SMILES string of the molecule is NNC1(N)CO1. The van der Waals surface area contributed by atoms with Crippen LogP contribution in [0.5, 0.6) is 0 Å². The van der Waals surface area contributed by atoms with E-state index >= 15 is 0 Å². The van der Waals surface area contributed by atoms with Gasteiger partial charge in [-0.25, -0.2) is 5.43 Å². The Labute approximate surface area is 35.4 Å². The fourth-order valence-electron chi connectivity index (χ4n) is 0.161. The number of hydrogen-bond acceptors (Lipinski definition) is 4. The minimum Gasteiger partial charge on any atom is -0.338 e. The van der Waals surface area contributed by atoms with E-state index in [2.05, 4.69) is 10.2 Å². The number of epoxide rings is 1. The molecule has 1 rings (SSSR count). The van der Waals surface area contributed by atoms with E-state index in [4.69, 9.17) is 11.6 Å². The number of ether oxygens (including phenoxy) is 1. The van der Waals surface area contributed by atoms with Gasteiger partial charge >= 0.3 is 0 Å². The van der Waals surface area contributed by atoms with Crippen molar-refractivity contribution in [2.24, 2.45) is 11.6 Å². The number of nitrogens with two attached hydrogens (primary N) is 2. The molecule has 0 amide bonds. The summed E-state index contributed by atoms with van der Waals surface area (Å²) in [4.78, 5) is 0. The fourth-order valence-corrected chi connectivity index (χ4v) is 0.161. The molecule has 1 unspecified atom stereocenters. The molecular formula is C2H7N3O. The molecule has 0 aromatic heterocycles. The first-order valence-electron chi connectivity index (χ1n) is 1.67. The summed E-state index contributed by atoms with van der Waals surface area (Å²) in [5.74, 6) is 4.19. The molecule has 6 heavy (non-hydrogen) atoms. The first-order chi connectivity index (χ1) is 2.77. The minimum atomic E-state index is -0.681. The van der Waals surface area contributed by atoms with E-state index in [1.807, 2.05) is 0 Å². The summed E-state index contributed by atoms with van der Waals surface area (Å²) in [6.45, 7) is 0.517. The monoisotopic (exact) mass is 89.1 g/mol. The van der Waals surface area contributed by atoms with Crippen molar-refractivity contribution in [1.82, 2.24) is 5.43 Å². The lowest BCUT2D eigenvalue weighted by Gasteiger charge is -1.96. The van der Waals surface area contributed by atoms with Crippen molar-refractivity contribution in [2.45, 2.75) is 5.85 Å². The molecule has 36 valence electrons. The van der Waals surface area contributed by atoms with Gasteiger partial charge in [0.1, 0.15) is 6.61 Å². The number of rotatable bonds is 1. The highest BCUT2D eigenvalue weighted by molar-refractivity contribution is 4.78. The van der Waals surface area contributed by atoms with E-state index in [1.54, 1.807) is 0 Å². The molecule has 1 atom stereocenters. The molecule has 1 heterocycles. The van der Waals surface area contributed by atoms with Crippen LogP contribution in [0.1, 0.15) is 0 Å². The highest BCUT2D eigenvalue weighted by atomic mass is 16.6. The van der Waals surface area contributed by atoms with E-state index in [0.29, 0.717) is 6.61 Å². The van der Waals surface area contributed by atoms with Gasteiger partial charge in [0.05, 0.1) is 0 Å². The maximum absolute atomic E-state index is 5.19. The summed E-state index contributed by atoms with van der Waals surface area (Å²) in [6, 6.07) is 0. The van der Waals surface area contributed by atoms with Crippen LogP contribution in [-0.2, 0) is 4.74 Å². The predicted octanol–water partition coefficient (Wildman–Crippen LogP) is -1.91. The maximum atomic E-state index is 5.19. The van der Waals surface area contributed by atoms with Gasteiger partial charge in [-0.3, -0.25) is 11.6 Å². The second-order valence-electron chi connectivity index (χ2n) is 1.32. The zero-order chi connectivity index (χ0) is 4.62. The van der Waals surface area contributed by atoms with Crippen LogP contribution in [-0.4, -0.2) is 12.5 Å².